The zero-order valence-electron chi connectivity index (χ0n) is 16.2. The summed E-state index contributed by atoms with van der Waals surface area (Å²) >= 11 is 0. The molecular formula is C23H23NO4. The average Bonchev–Trinajstić information content (AvgIpc) is 3.06. The first kappa shape index (κ1) is 19.4. The highest BCUT2D eigenvalue weighted by atomic mass is 16.5. The smallest absolute Gasteiger partial charge is 0.226 e. The second kappa shape index (κ2) is 9.04. The van der Waals surface area contributed by atoms with Gasteiger partial charge in [0, 0.05) is 5.56 Å². The van der Waals surface area contributed by atoms with Gasteiger partial charge in [0.05, 0.1) is 6.10 Å². The van der Waals surface area contributed by atoms with Crippen LogP contribution in [0, 0.1) is 6.92 Å². The van der Waals surface area contributed by atoms with Crippen LogP contribution < -0.4 is 9.47 Å². The molecule has 5 heteroatoms. The first-order valence-electron chi connectivity index (χ1n) is 9.14. The van der Waals surface area contributed by atoms with Crippen LogP contribution in [0.5, 0.6) is 11.5 Å². The number of carbonyl (C=O) groups excluding carboxylic acids is 1. The lowest BCUT2D eigenvalue weighted by Gasteiger charge is -2.15. The van der Waals surface area contributed by atoms with Crippen molar-refractivity contribution < 1.29 is 18.7 Å². The lowest BCUT2D eigenvalue weighted by atomic mass is 10.2. The van der Waals surface area contributed by atoms with Gasteiger partial charge in [-0.15, -0.1) is 0 Å². The maximum absolute atomic E-state index is 10.5. The Hall–Kier alpha value is -3.34. The van der Waals surface area contributed by atoms with Crippen LogP contribution in [0.15, 0.2) is 59.0 Å². The molecule has 1 aromatic heterocycles. The number of oxazole rings is 1. The normalized spacial score (nSPS) is 11.1. The van der Waals surface area contributed by atoms with Crippen molar-refractivity contribution in [1.82, 2.24) is 4.98 Å². The third kappa shape index (κ3) is 4.88. The number of aromatic nitrogens is 1. The number of allylic oxidation sites excluding steroid dienone is 1. The van der Waals surface area contributed by atoms with Gasteiger partial charge in [0.15, 0.2) is 11.5 Å². The van der Waals surface area contributed by atoms with Crippen LogP contribution in [0.1, 0.15) is 30.9 Å². The molecule has 0 aliphatic rings. The summed E-state index contributed by atoms with van der Waals surface area (Å²) in [6.07, 6.45) is 3.90. The van der Waals surface area contributed by atoms with Crippen molar-refractivity contribution in [1.29, 1.82) is 0 Å². The summed E-state index contributed by atoms with van der Waals surface area (Å²) in [7, 11) is 0. The van der Waals surface area contributed by atoms with Gasteiger partial charge in [0.25, 0.3) is 0 Å². The van der Waals surface area contributed by atoms with E-state index in [1.165, 1.54) is 6.08 Å². The Labute approximate surface area is 164 Å². The quantitative estimate of drug-likeness (QED) is 0.397. The molecule has 0 saturated heterocycles. The van der Waals surface area contributed by atoms with E-state index in [1.54, 1.807) is 6.08 Å². The van der Waals surface area contributed by atoms with Gasteiger partial charge in [-0.1, -0.05) is 30.3 Å². The molecule has 0 bridgehead atoms. The SMILES string of the molecule is Cc1oc(-c2ccccc2)nc1COc1ccc(/C=C/C=O)cc1OC(C)C. The predicted molar refractivity (Wildman–Crippen MR) is 108 cm³/mol. The van der Waals surface area contributed by atoms with Crippen LogP contribution in [-0.2, 0) is 11.4 Å². The molecule has 0 aliphatic carbocycles. The lowest BCUT2D eigenvalue weighted by Crippen LogP contribution is -2.08. The maximum atomic E-state index is 10.5. The number of nitrogens with zero attached hydrogens (tertiary/aromatic N) is 1. The van der Waals surface area contributed by atoms with Crippen LogP contribution >= 0.6 is 0 Å². The fourth-order valence-corrected chi connectivity index (χ4v) is 2.66. The summed E-state index contributed by atoms with van der Waals surface area (Å²) in [6, 6.07) is 15.3. The molecule has 0 amide bonds. The number of hydrogen-bond donors (Lipinski definition) is 0. The molecular weight excluding hydrogens is 354 g/mol. The van der Waals surface area contributed by atoms with Crippen molar-refractivity contribution in [2.75, 3.05) is 0 Å². The summed E-state index contributed by atoms with van der Waals surface area (Å²) in [5, 5.41) is 0. The van der Waals surface area contributed by atoms with Gasteiger partial charge in [0.2, 0.25) is 5.89 Å². The minimum Gasteiger partial charge on any atom is -0.487 e. The molecule has 0 radical (unpaired) electrons. The third-order valence-corrected chi connectivity index (χ3v) is 3.98. The summed E-state index contributed by atoms with van der Waals surface area (Å²) in [5.74, 6) is 2.52. The number of carbonyl (C=O) groups is 1. The van der Waals surface area contributed by atoms with E-state index in [9.17, 15) is 4.79 Å². The molecule has 2 aromatic carbocycles. The molecule has 28 heavy (non-hydrogen) atoms. The molecule has 0 fully saturated rings. The number of hydrogen-bond acceptors (Lipinski definition) is 5. The zero-order valence-corrected chi connectivity index (χ0v) is 16.2. The van der Waals surface area contributed by atoms with Gasteiger partial charge in [0.1, 0.15) is 24.3 Å². The molecule has 0 unspecified atom stereocenters. The van der Waals surface area contributed by atoms with Crippen molar-refractivity contribution in [2.45, 2.75) is 33.5 Å². The van der Waals surface area contributed by atoms with Crippen LogP contribution in [0.2, 0.25) is 0 Å². The summed E-state index contributed by atoms with van der Waals surface area (Å²) in [5.41, 5.74) is 2.52. The van der Waals surface area contributed by atoms with Crippen molar-refractivity contribution in [3.63, 3.8) is 0 Å². The van der Waals surface area contributed by atoms with Crippen LogP contribution in [0.25, 0.3) is 17.5 Å². The summed E-state index contributed by atoms with van der Waals surface area (Å²) in [6.45, 7) is 6.04. The van der Waals surface area contributed by atoms with E-state index in [0.29, 0.717) is 17.4 Å². The lowest BCUT2D eigenvalue weighted by molar-refractivity contribution is -0.104. The number of rotatable bonds is 8. The monoisotopic (exact) mass is 377 g/mol. The number of benzene rings is 2. The minimum atomic E-state index is -0.00822. The largest absolute Gasteiger partial charge is 0.487 e. The van der Waals surface area contributed by atoms with Crippen molar-refractivity contribution in [3.05, 3.63) is 71.6 Å². The van der Waals surface area contributed by atoms with Gasteiger partial charge < -0.3 is 13.9 Å². The van der Waals surface area contributed by atoms with Gasteiger partial charge in [-0.25, -0.2) is 4.98 Å². The molecule has 0 atom stereocenters. The Morgan fingerprint density at radius 3 is 2.61 bits per heavy atom. The Morgan fingerprint density at radius 1 is 1.11 bits per heavy atom. The maximum Gasteiger partial charge on any atom is 0.226 e. The van der Waals surface area contributed by atoms with E-state index in [-0.39, 0.29) is 12.7 Å². The second-order valence-corrected chi connectivity index (χ2v) is 6.54. The number of aldehydes is 1. The molecule has 0 spiro atoms. The molecule has 3 aromatic rings. The Morgan fingerprint density at radius 2 is 1.89 bits per heavy atom. The van der Waals surface area contributed by atoms with Gasteiger partial charge in [-0.3, -0.25) is 4.79 Å². The topological polar surface area (TPSA) is 61.6 Å². The first-order chi connectivity index (χ1) is 13.6. The van der Waals surface area contributed by atoms with Crippen molar-refractivity contribution >= 4 is 12.4 Å². The molecule has 144 valence electrons. The average molecular weight is 377 g/mol. The summed E-state index contributed by atoms with van der Waals surface area (Å²) in [4.78, 5) is 15.1. The van der Waals surface area contributed by atoms with E-state index in [1.807, 2.05) is 69.3 Å². The number of aryl methyl sites for hydroxylation is 1. The van der Waals surface area contributed by atoms with Crippen molar-refractivity contribution in [2.24, 2.45) is 0 Å². The predicted octanol–water partition coefficient (Wildman–Crippen LogP) is 5.23. The molecule has 1 heterocycles. The van der Waals surface area contributed by atoms with Crippen LogP contribution in [0.4, 0.5) is 0 Å². The molecule has 0 aliphatic heterocycles. The minimum absolute atomic E-state index is 0.00822. The molecule has 0 N–H and O–H groups in total. The van der Waals surface area contributed by atoms with Crippen molar-refractivity contribution in [3.8, 4) is 23.0 Å². The molecule has 5 nitrogen and oxygen atoms in total. The highest BCUT2D eigenvalue weighted by Gasteiger charge is 2.14. The highest BCUT2D eigenvalue weighted by molar-refractivity contribution is 5.74. The zero-order chi connectivity index (χ0) is 19.9. The van der Waals surface area contributed by atoms with E-state index < -0.39 is 0 Å². The van der Waals surface area contributed by atoms with Gasteiger partial charge in [-0.2, -0.15) is 0 Å². The van der Waals surface area contributed by atoms with E-state index in [0.717, 1.165) is 28.9 Å². The van der Waals surface area contributed by atoms with Crippen LogP contribution in [-0.4, -0.2) is 17.4 Å². The molecule has 0 saturated carbocycles. The van der Waals surface area contributed by atoms with Gasteiger partial charge in [-0.05, 0) is 56.7 Å². The second-order valence-electron chi connectivity index (χ2n) is 6.54. The van der Waals surface area contributed by atoms with Crippen LogP contribution in [0.3, 0.4) is 0 Å². The summed E-state index contributed by atoms with van der Waals surface area (Å²) < 4.78 is 17.6. The standard InChI is InChI=1S/C23H23NO4/c1-16(2)27-22-14-18(8-7-13-25)11-12-21(22)26-15-20-17(3)28-23(24-20)19-9-5-4-6-10-19/h4-14,16H,15H2,1-3H3/b8-7+. The van der Waals surface area contributed by atoms with E-state index in [2.05, 4.69) is 4.98 Å². The Kier molecular flexibility index (Phi) is 6.27. The van der Waals surface area contributed by atoms with E-state index in [4.69, 9.17) is 13.9 Å². The number of ether oxygens (including phenoxy) is 2. The third-order valence-electron chi connectivity index (χ3n) is 3.98. The highest BCUT2D eigenvalue weighted by Crippen LogP contribution is 2.31. The Balaban J connectivity index is 1.79. The Bertz CT molecular complexity index is 958. The fourth-order valence-electron chi connectivity index (χ4n) is 2.66. The molecule has 3 rings (SSSR count). The van der Waals surface area contributed by atoms with Gasteiger partial charge >= 0.3 is 0 Å². The fraction of sp³-hybridized carbons (Fsp3) is 0.217. The van der Waals surface area contributed by atoms with E-state index >= 15 is 0 Å². The first-order valence-corrected chi connectivity index (χ1v) is 9.14.